The van der Waals surface area contributed by atoms with Crippen LogP contribution in [0, 0.1) is 15.9 Å². The average molecular weight is 297 g/mol. The van der Waals surface area contributed by atoms with Gasteiger partial charge in [-0.3, -0.25) is 14.9 Å². The molecule has 1 heterocycles. The first-order chi connectivity index (χ1) is 10.0. The number of benzene rings is 1. The third-order valence-corrected chi connectivity index (χ3v) is 3.18. The van der Waals surface area contributed by atoms with Crippen LogP contribution in [0.2, 0.25) is 0 Å². The van der Waals surface area contributed by atoms with Gasteiger partial charge in [0, 0.05) is 19.6 Å². The molecule has 1 aromatic carbocycles. The molecule has 1 aliphatic heterocycles. The number of hydrogen-bond acceptors (Lipinski definition) is 5. The van der Waals surface area contributed by atoms with E-state index in [4.69, 9.17) is 4.74 Å². The summed E-state index contributed by atoms with van der Waals surface area (Å²) in [6.07, 6.45) is 0. The minimum Gasteiger partial charge on any atom is -0.383 e. The zero-order valence-corrected chi connectivity index (χ0v) is 11.6. The third-order valence-electron chi connectivity index (χ3n) is 3.18. The zero-order chi connectivity index (χ0) is 15.4. The number of nitro groups is 1. The molecule has 0 unspecified atom stereocenters. The number of ether oxygens (including phenoxy) is 1. The number of carbonyl (C=O) groups is 1. The van der Waals surface area contributed by atoms with E-state index in [1.165, 1.54) is 11.0 Å². The Balaban J connectivity index is 2.40. The number of nitro benzene ring substituents is 1. The predicted molar refractivity (Wildman–Crippen MR) is 73.9 cm³/mol. The van der Waals surface area contributed by atoms with Crippen LogP contribution in [0.1, 0.15) is 17.3 Å². The van der Waals surface area contributed by atoms with Crippen LogP contribution in [-0.2, 0) is 4.74 Å². The third kappa shape index (κ3) is 3.27. The van der Waals surface area contributed by atoms with Gasteiger partial charge in [0.25, 0.3) is 11.6 Å². The molecule has 1 saturated heterocycles. The second-order valence-corrected chi connectivity index (χ2v) is 4.54. The minimum atomic E-state index is -0.748. The number of halogens is 1. The lowest BCUT2D eigenvalue weighted by Gasteiger charge is -2.26. The second-order valence-electron chi connectivity index (χ2n) is 4.54. The average Bonchev–Trinajstić information content (AvgIpc) is 2.49. The van der Waals surface area contributed by atoms with E-state index in [0.717, 1.165) is 6.07 Å². The Morgan fingerprint density at radius 2 is 2.14 bits per heavy atom. The fourth-order valence-corrected chi connectivity index (χ4v) is 2.15. The zero-order valence-electron chi connectivity index (χ0n) is 11.6. The van der Waals surface area contributed by atoms with Gasteiger partial charge >= 0.3 is 0 Å². The van der Waals surface area contributed by atoms with Crippen molar-refractivity contribution in [2.75, 3.05) is 38.2 Å². The molecule has 114 valence electrons. The fourth-order valence-electron chi connectivity index (χ4n) is 2.15. The van der Waals surface area contributed by atoms with Gasteiger partial charge in [0.15, 0.2) is 5.82 Å². The monoisotopic (exact) mass is 297 g/mol. The topological polar surface area (TPSA) is 84.7 Å². The van der Waals surface area contributed by atoms with E-state index in [9.17, 15) is 19.3 Å². The first-order valence-corrected chi connectivity index (χ1v) is 6.63. The van der Waals surface area contributed by atoms with Crippen molar-refractivity contribution in [1.29, 1.82) is 0 Å². The summed E-state index contributed by atoms with van der Waals surface area (Å²) < 4.78 is 18.9. The van der Waals surface area contributed by atoms with Crippen LogP contribution < -0.4 is 5.32 Å². The molecule has 1 fully saturated rings. The van der Waals surface area contributed by atoms with Gasteiger partial charge in [0.1, 0.15) is 5.56 Å². The van der Waals surface area contributed by atoms with Crippen molar-refractivity contribution < 1.29 is 18.8 Å². The van der Waals surface area contributed by atoms with Gasteiger partial charge in [-0.1, -0.05) is 0 Å². The van der Waals surface area contributed by atoms with Crippen molar-refractivity contribution in [2.45, 2.75) is 6.92 Å². The van der Waals surface area contributed by atoms with Crippen molar-refractivity contribution in [3.8, 4) is 0 Å². The molecule has 1 aromatic rings. The van der Waals surface area contributed by atoms with E-state index in [2.05, 4.69) is 5.32 Å². The molecule has 0 radical (unpaired) electrons. The van der Waals surface area contributed by atoms with E-state index in [-0.39, 0.29) is 11.3 Å². The van der Waals surface area contributed by atoms with Gasteiger partial charge in [-0.05, 0) is 13.0 Å². The quantitative estimate of drug-likeness (QED) is 0.674. The molecule has 1 aliphatic rings. The Labute approximate surface area is 120 Å². The van der Waals surface area contributed by atoms with E-state index in [1.54, 1.807) is 6.92 Å². The number of hydrogen-bond donors (Lipinski definition) is 1. The Bertz CT molecular complexity index is 559. The summed E-state index contributed by atoms with van der Waals surface area (Å²) in [6.45, 7) is 3.72. The van der Waals surface area contributed by atoms with E-state index in [1.807, 2.05) is 0 Å². The Morgan fingerprint density at radius 1 is 1.48 bits per heavy atom. The molecule has 2 rings (SSSR count). The normalized spacial score (nSPS) is 14.9. The predicted octanol–water partition coefficient (Wildman–Crippen LogP) is 1.64. The molecule has 0 bridgehead atoms. The van der Waals surface area contributed by atoms with Crippen LogP contribution in [0.25, 0.3) is 0 Å². The molecule has 0 atom stereocenters. The van der Waals surface area contributed by atoms with E-state index < -0.39 is 22.3 Å². The first-order valence-electron chi connectivity index (χ1n) is 6.63. The number of morpholine rings is 1. The van der Waals surface area contributed by atoms with Gasteiger partial charge in [-0.15, -0.1) is 0 Å². The number of nitrogens with zero attached hydrogens (tertiary/aromatic N) is 2. The van der Waals surface area contributed by atoms with Crippen molar-refractivity contribution >= 4 is 17.3 Å². The number of anilines is 1. The molecular formula is C13H16FN3O4. The molecule has 7 nitrogen and oxygen atoms in total. The lowest BCUT2D eigenvalue weighted by molar-refractivity contribution is -0.385. The van der Waals surface area contributed by atoms with Crippen molar-refractivity contribution in [3.05, 3.63) is 33.6 Å². The van der Waals surface area contributed by atoms with Crippen molar-refractivity contribution in [1.82, 2.24) is 4.90 Å². The maximum atomic E-state index is 13.8. The highest BCUT2D eigenvalue weighted by atomic mass is 19.1. The van der Waals surface area contributed by atoms with Crippen LogP contribution in [0.3, 0.4) is 0 Å². The molecule has 0 aliphatic carbocycles. The minimum absolute atomic E-state index is 0.0831. The highest BCUT2D eigenvalue weighted by Crippen LogP contribution is 2.27. The van der Waals surface area contributed by atoms with Crippen LogP contribution in [0.5, 0.6) is 0 Å². The molecule has 1 N–H and O–H groups in total. The Kier molecular flexibility index (Phi) is 4.69. The van der Waals surface area contributed by atoms with Gasteiger partial charge in [0.05, 0.1) is 29.9 Å². The maximum Gasteiger partial charge on any atom is 0.285 e. The molecular weight excluding hydrogens is 281 g/mol. The summed E-state index contributed by atoms with van der Waals surface area (Å²) in [7, 11) is 0. The summed E-state index contributed by atoms with van der Waals surface area (Å²) in [6, 6.07) is 1.99. The summed E-state index contributed by atoms with van der Waals surface area (Å²) in [5.41, 5.74) is -0.551. The smallest absolute Gasteiger partial charge is 0.285 e. The maximum absolute atomic E-state index is 13.8. The first kappa shape index (κ1) is 15.2. The molecule has 0 saturated carbocycles. The SMILES string of the molecule is CCNc1cc(C(=O)N2CCOCC2)c([N+](=O)[O-])cc1F. The number of amides is 1. The number of carbonyl (C=O) groups excluding carboxylic acids is 1. The van der Waals surface area contributed by atoms with E-state index >= 15 is 0 Å². The fraction of sp³-hybridized carbons (Fsp3) is 0.462. The van der Waals surface area contributed by atoms with Crippen LogP contribution in [0.4, 0.5) is 15.8 Å². The molecule has 21 heavy (non-hydrogen) atoms. The summed E-state index contributed by atoms with van der Waals surface area (Å²) in [4.78, 5) is 24.2. The van der Waals surface area contributed by atoms with Crippen molar-refractivity contribution in [3.63, 3.8) is 0 Å². The van der Waals surface area contributed by atoms with Gasteiger partial charge in [-0.2, -0.15) is 0 Å². The van der Waals surface area contributed by atoms with E-state index in [0.29, 0.717) is 32.8 Å². The molecule has 1 amide bonds. The lowest BCUT2D eigenvalue weighted by atomic mass is 10.1. The Morgan fingerprint density at radius 3 is 2.71 bits per heavy atom. The van der Waals surface area contributed by atoms with Gasteiger partial charge in [-0.25, -0.2) is 4.39 Å². The van der Waals surface area contributed by atoms with Crippen LogP contribution >= 0.6 is 0 Å². The molecule has 0 spiro atoms. The summed E-state index contributed by atoms with van der Waals surface area (Å²) >= 11 is 0. The van der Waals surface area contributed by atoms with Crippen LogP contribution in [0.15, 0.2) is 12.1 Å². The number of rotatable bonds is 4. The second kappa shape index (κ2) is 6.49. The largest absolute Gasteiger partial charge is 0.383 e. The summed E-state index contributed by atoms with van der Waals surface area (Å²) in [5, 5.41) is 13.8. The molecule has 8 heteroatoms. The molecule has 0 aromatic heterocycles. The standard InChI is InChI=1S/C13H16FN3O4/c1-2-15-11-7-9(12(17(19)20)8-10(11)14)13(18)16-3-5-21-6-4-16/h7-8,15H,2-6H2,1H3. The Hall–Kier alpha value is -2.22. The van der Waals surface area contributed by atoms with Gasteiger partial charge in [0.2, 0.25) is 0 Å². The summed E-state index contributed by atoms with van der Waals surface area (Å²) in [5.74, 6) is -1.23. The van der Waals surface area contributed by atoms with Crippen LogP contribution in [-0.4, -0.2) is 48.6 Å². The van der Waals surface area contributed by atoms with Gasteiger partial charge < -0.3 is 15.0 Å². The van der Waals surface area contributed by atoms with Crippen molar-refractivity contribution in [2.24, 2.45) is 0 Å². The highest BCUT2D eigenvalue weighted by molar-refractivity contribution is 5.99. The lowest BCUT2D eigenvalue weighted by Crippen LogP contribution is -2.40. The highest BCUT2D eigenvalue weighted by Gasteiger charge is 2.28. The number of nitrogens with one attached hydrogen (secondary N) is 1.